The molecule has 0 aliphatic carbocycles. The van der Waals surface area contributed by atoms with Crippen LogP contribution < -0.4 is 0 Å². The fraction of sp³-hybridized carbons (Fsp3) is 0.300. The van der Waals surface area contributed by atoms with E-state index in [1.54, 1.807) is 9.80 Å². The van der Waals surface area contributed by atoms with Gasteiger partial charge < -0.3 is 9.80 Å². The third kappa shape index (κ3) is 4.13. The lowest BCUT2D eigenvalue weighted by atomic mass is 10.1. The molecule has 0 atom stereocenters. The molecule has 1 saturated heterocycles. The molecule has 0 unspecified atom stereocenters. The Hall–Kier alpha value is -3.62. The minimum Gasteiger partial charge on any atom is -0.338 e. The van der Waals surface area contributed by atoms with Crippen molar-refractivity contribution in [2.24, 2.45) is 0 Å². The summed E-state index contributed by atoms with van der Waals surface area (Å²) in [5.74, 6) is -0.114. The Labute approximate surface area is 168 Å². The molecule has 9 heteroatoms. The summed E-state index contributed by atoms with van der Waals surface area (Å²) in [6.45, 7) is 3.90. The van der Waals surface area contributed by atoms with E-state index >= 15 is 0 Å². The molecule has 1 aromatic carbocycles. The zero-order valence-electron chi connectivity index (χ0n) is 16.1. The van der Waals surface area contributed by atoms with Crippen LogP contribution in [0, 0.1) is 6.92 Å². The number of rotatable bonds is 4. The maximum Gasteiger partial charge on any atom is 0.255 e. The van der Waals surface area contributed by atoms with Gasteiger partial charge in [0, 0.05) is 31.7 Å². The summed E-state index contributed by atoms with van der Waals surface area (Å²) in [4.78, 5) is 33.4. The first-order valence-corrected chi connectivity index (χ1v) is 9.43. The van der Waals surface area contributed by atoms with Crippen LogP contribution in [0.3, 0.4) is 0 Å². The predicted octanol–water partition coefficient (Wildman–Crippen LogP) is 1.03. The van der Waals surface area contributed by atoms with Crippen molar-refractivity contribution in [3.8, 4) is 11.3 Å². The third-order valence-corrected chi connectivity index (χ3v) is 4.99. The molecule has 1 aliphatic heterocycles. The molecular formula is C20H21N7O2. The number of aromatic nitrogens is 5. The first kappa shape index (κ1) is 18.7. The van der Waals surface area contributed by atoms with E-state index in [4.69, 9.17) is 0 Å². The van der Waals surface area contributed by atoms with Gasteiger partial charge in [0.1, 0.15) is 12.9 Å². The van der Waals surface area contributed by atoms with E-state index in [-0.39, 0.29) is 18.4 Å². The van der Waals surface area contributed by atoms with Gasteiger partial charge in [0.15, 0.2) is 0 Å². The summed E-state index contributed by atoms with van der Waals surface area (Å²) in [6.07, 6.45) is 1.41. The van der Waals surface area contributed by atoms with Gasteiger partial charge in [-0.15, -0.1) is 5.10 Å². The highest BCUT2D eigenvalue weighted by molar-refractivity contribution is 5.95. The second-order valence-electron chi connectivity index (χ2n) is 6.88. The second-order valence-corrected chi connectivity index (χ2v) is 6.88. The van der Waals surface area contributed by atoms with Crippen molar-refractivity contribution in [1.29, 1.82) is 0 Å². The molecular weight excluding hydrogens is 370 g/mol. The normalized spacial score (nSPS) is 14.1. The van der Waals surface area contributed by atoms with Gasteiger partial charge >= 0.3 is 0 Å². The molecule has 9 nitrogen and oxygen atoms in total. The molecule has 1 aliphatic rings. The lowest BCUT2D eigenvalue weighted by molar-refractivity contribution is -0.133. The van der Waals surface area contributed by atoms with Crippen LogP contribution in [-0.2, 0) is 11.3 Å². The van der Waals surface area contributed by atoms with Crippen molar-refractivity contribution in [1.82, 2.24) is 35.0 Å². The highest BCUT2D eigenvalue weighted by Gasteiger charge is 2.26. The number of pyridine rings is 1. The van der Waals surface area contributed by atoms with E-state index < -0.39 is 0 Å². The summed E-state index contributed by atoms with van der Waals surface area (Å²) in [5.41, 5.74) is 3.16. The summed E-state index contributed by atoms with van der Waals surface area (Å²) in [7, 11) is 0. The lowest BCUT2D eigenvalue weighted by Crippen LogP contribution is -2.51. The Morgan fingerprint density at radius 2 is 1.69 bits per heavy atom. The molecule has 2 aromatic heterocycles. The number of nitrogens with zero attached hydrogens (tertiary/aromatic N) is 7. The molecule has 1 fully saturated rings. The molecule has 0 bridgehead atoms. The van der Waals surface area contributed by atoms with Gasteiger partial charge in [-0.05, 0) is 29.5 Å². The summed E-state index contributed by atoms with van der Waals surface area (Å²) in [5, 5.41) is 10.8. The number of carbonyl (C=O) groups is 2. The molecule has 4 rings (SSSR count). The minimum atomic E-state index is -0.0607. The molecule has 2 amide bonds. The number of benzene rings is 1. The average molecular weight is 391 g/mol. The van der Waals surface area contributed by atoms with Crippen LogP contribution in [-0.4, -0.2) is 73.0 Å². The molecule has 148 valence electrons. The summed E-state index contributed by atoms with van der Waals surface area (Å²) >= 11 is 0. The van der Waals surface area contributed by atoms with E-state index in [1.165, 1.54) is 11.0 Å². The zero-order chi connectivity index (χ0) is 20.2. The van der Waals surface area contributed by atoms with Crippen LogP contribution in [0.5, 0.6) is 0 Å². The fourth-order valence-electron chi connectivity index (χ4n) is 3.38. The number of amides is 2. The van der Waals surface area contributed by atoms with E-state index in [1.807, 2.05) is 49.4 Å². The molecule has 0 radical (unpaired) electrons. The smallest absolute Gasteiger partial charge is 0.255 e. The Bertz CT molecular complexity index is 997. The predicted molar refractivity (Wildman–Crippen MR) is 105 cm³/mol. The Balaban J connectivity index is 1.39. The maximum atomic E-state index is 13.0. The summed E-state index contributed by atoms with van der Waals surface area (Å²) < 4.78 is 1.39. The van der Waals surface area contributed by atoms with Gasteiger partial charge in [-0.2, -0.15) is 0 Å². The van der Waals surface area contributed by atoms with Crippen molar-refractivity contribution in [2.75, 3.05) is 26.2 Å². The molecule has 0 N–H and O–H groups in total. The quantitative estimate of drug-likeness (QED) is 0.659. The van der Waals surface area contributed by atoms with Crippen LogP contribution >= 0.6 is 0 Å². The number of carbonyl (C=O) groups excluding carboxylic acids is 2. The van der Waals surface area contributed by atoms with Crippen molar-refractivity contribution in [2.45, 2.75) is 13.5 Å². The van der Waals surface area contributed by atoms with Crippen LogP contribution in [0.25, 0.3) is 11.3 Å². The lowest BCUT2D eigenvalue weighted by Gasteiger charge is -2.35. The van der Waals surface area contributed by atoms with Gasteiger partial charge in [-0.1, -0.05) is 30.3 Å². The van der Waals surface area contributed by atoms with Gasteiger partial charge in [-0.3, -0.25) is 14.6 Å². The number of aryl methyl sites for hydroxylation is 1. The van der Waals surface area contributed by atoms with Gasteiger partial charge in [0.25, 0.3) is 5.91 Å². The number of hydrogen-bond acceptors (Lipinski definition) is 6. The van der Waals surface area contributed by atoms with Crippen LogP contribution in [0.15, 0.2) is 48.8 Å². The number of tetrazole rings is 1. The zero-order valence-corrected chi connectivity index (χ0v) is 16.1. The van der Waals surface area contributed by atoms with E-state index in [9.17, 15) is 9.59 Å². The van der Waals surface area contributed by atoms with Crippen molar-refractivity contribution < 1.29 is 9.59 Å². The Morgan fingerprint density at radius 1 is 0.966 bits per heavy atom. The number of hydrogen-bond donors (Lipinski definition) is 0. The first-order valence-electron chi connectivity index (χ1n) is 9.43. The van der Waals surface area contributed by atoms with Gasteiger partial charge in [-0.25, -0.2) is 4.68 Å². The SMILES string of the molecule is Cc1nc(-c2ccccc2)ccc1C(=O)N1CCN(C(=O)Cn2cnnn2)CC1. The van der Waals surface area contributed by atoms with Crippen LogP contribution in [0.4, 0.5) is 0 Å². The van der Waals surface area contributed by atoms with E-state index in [2.05, 4.69) is 20.5 Å². The Morgan fingerprint density at radius 3 is 2.34 bits per heavy atom. The van der Waals surface area contributed by atoms with Crippen LogP contribution in [0.2, 0.25) is 0 Å². The van der Waals surface area contributed by atoms with E-state index in [0.29, 0.717) is 37.4 Å². The van der Waals surface area contributed by atoms with E-state index in [0.717, 1.165) is 11.3 Å². The average Bonchev–Trinajstić information content (AvgIpc) is 3.27. The highest BCUT2D eigenvalue weighted by Crippen LogP contribution is 2.20. The van der Waals surface area contributed by atoms with Gasteiger partial charge in [0.05, 0.1) is 17.0 Å². The highest BCUT2D eigenvalue weighted by atomic mass is 16.2. The monoisotopic (exact) mass is 391 g/mol. The minimum absolute atomic E-state index is 0.0535. The first-order chi connectivity index (χ1) is 14.1. The van der Waals surface area contributed by atoms with Crippen LogP contribution in [0.1, 0.15) is 16.1 Å². The summed E-state index contributed by atoms with van der Waals surface area (Å²) in [6, 6.07) is 13.6. The Kier molecular flexibility index (Phi) is 5.28. The molecule has 0 saturated carbocycles. The molecule has 3 heterocycles. The third-order valence-electron chi connectivity index (χ3n) is 4.99. The maximum absolute atomic E-state index is 13.0. The van der Waals surface area contributed by atoms with Crippen molar-refractivity contribution in [3.05, 3.63) is 60.0 Å². The molecule has 0 spiro atoms. The standard InChI is InChI=1S/C20H21N7O2/c1-15-17(7-8-18(22-15)16-5-3-2-4-6-16)20(29)26-11-9-25(10-12-26)19(28)13-27-14-21-23-24-27/h2-8,14H,9-13H2,1H3. The molecule has 3 aromatic rings. The second kappa shape index (κ2) is 8.17. The fourth-order valence-corrected chi connectivity index (χ4v) is 3.38. The van der Waals surface area contributed by atoms with Crippen molar-refractivity contribution in [3.63, 3.8) is 0 Å². The number of piperazine rings is 1. The largest absolute Gasteiger partial charge is 0.338 e. The topological polar surface area (TPSA) is 97.1 Å². The van der Waals surface area contributed by atoms with Crippen molar-refractivity contribution >= 4 is 11.8 Å². The molecule has 29 heavy (non-hydrogen) atoms. The van der Waals surface area contributed by atoms with Gasteiger partial charge in [0.2, 0.25) is 5.91 Å².